The quantitative estimate of drug-likeness (QED) is 0.878. The summed E-state index contributed by atoms with van der Waals surface area (Å²) in [6, 6.07) is 4.47. The summed E-state index contributed by atoms with van der Waals surface area (Å²) in [6.45, 7) is 0. The van der Waals surface area contributed by atoms with Gasteiger partial charge in [-0.05, 0) is 23.8 Å². The third kappa shape index (κ3) is 2.33. The van der Waals surface area contributed by atoms with Crippen molar-refractivity contribution in [2.45, 2.75) is 6.42 Å². The first kappa shape index (κ1) is 10.9. The largest absolute Gasteiger partial charge is 0.292 e. The maximum atomic E-state index is 13.4. The number of carbonyl (C=O) groups excluding carboxylic acids is 1. The van der Waals surface area contributed by atoms with Crippen LogP contribution in [0.4, 0.5) is 4.39 Å². The van der Waals surface area contributed by atoms with Crippen molar-refractivity contribution in [2.75, 3.05) is 0 Å². The second-order valence-electron chi connectivity index (χ2n) is 3.19. The van der Waals surface area contributed by atoms with Crippen molar-refractivity contribution >= 4 is 21.7 Å². The Morgan fingerprint density at radius 2 is 2.31 bits per heavy atom. The van der Waals surface area contributed by atoms with E-state index < -0.39 is 5.82 Å². The first-order chi connectivity index (χ1) is 7.66. The molecule has 0 fully saturated rings. The fraction of sp³-hybridized carbons (Fsp3) is 0.100. The minimum Gasteiger partial charge on any atom is -0.292 e. The number of aromatic amines is 1. The predicted octanol–water partition coefficient (Wildman–Crippen LogP) is 2.13. The summed E-state index contributed by atoms with van der Waals surface area (Å²) in [4.78, 5) is 11.6. The molecule has 0 spiro atoms. The van der Waals surface area contributed by atoms with Crippen LogP contribution in [0.1, 0.15) is 16.1 Å². The number of hydrogen-bond donors (Lipinski definition) is 1. The molecule has 1 aromatic heterocycles. The predicted molar refractivity (Wildman–Crippen MR) is 58.5 cm³/mol. The highest BCUT2D eigenvalue weighted by atomic mass is 79.9. The zero-order chi connectivity index (χ0) is 11.5. The Hall–Kier alpha value is -1.56. The van der Waals surface area contributed by atoms with Gasteiger partial charge in [0.05, 0.1) is 6.20 Å². The highest BCUT2D eigenvalue weighted by molar-refractivity contribution is 9.10. The number of Topliss-reactive ketones (excluding diaryl/α,β-unsaturated/α-hetero) is 1. The number of carbonyl (C=O) groups is 1. The summed E-state index contributed by atoms with van der Waals surface area (Å²) in [5.74, 6) is -0.675. The average molecular weight is 284 g/mol. The van der Waals surface area contributed by atoms with Crippen molar-refractivity contribution in [2.24, 2.45) is 0 Å². The molecule has 0 aliphatic heterocycles. The molecule has 0 aliphatic rings. The molecule has 82 valence electrons. The first-order valence-corrected chi connectivity index (χ1v) is 5.29. The molecular formula is C10H7BrFN3O. The summed E-state index contributed by atoms with van der Waals surface area (Å²) in [5.41, 5.74) is 0.543. The summed E-state index contributed by atoms with van der Waals surface area (Å²) >= 11 is 3.22. The van der Waals surface area contributed by atoms with E-state index in [0.717, 1.165) is 4.47 Å². The number of nitrogens with one attached hydrogen (secondary N) is 1. The number of ketones is 1. The number of aromatic nitrogens is 3. The summed E-state index contributed by atoms with van der Waals surface area (Å²) in [5, 5.41) is 9.51. The molecule has 4 nitrogen and oxygen atoms in total. The van der Waals surface area contributed by atoms with Gasteiger partial charge in [-0.15, -0.1) is 0 Å². The van der Waals surface area contributed by atoms with Gasteiger partial charge in [-0.1, -0.05) is 15.9 Å². The fourth-order valence-electron chi connectivity index (χ4n) is 1.28. The SMILES string of the molecule is O=C(Cc1cc(Br)ccc1F)c1cn[nH]n1. The van der Waals surface area contributed by atoms with E-state index in [2.05, 4.69) is 31.3 Å². The number of halogens is 2. The lowest BCUT2D eigenvalue weighted by Gasteiger charge is -2.01. The van der Waals surface area contributed by atoms with Crippen LogP contribution >= 0.6 is 15.9 Å². The lowest BCUT2D eigenvalue weighted by atomic mass is 10.1. The molecule has 0 aliphatic carbocycles. The van der Waals surface area contributed by atoms with Gasteiger partial charge in [0.2, 0.25) is 0 Å². The second kappa shape index (κ2) is 4.52. The molecule has 0 amide bonds. The molecule has 1 N–H and O–H groups in total. The van der Waals surface area contributed by atoms with E-state index in [-0.39, 0.29) is 17.9 Å². The Morgan fingerprint density at radius 1 is 1.50 bits per heavy atom. The first-order valence-electron chi connectivity index (χ1n) is 4.49. The Kier molecular flexibility index (Phi) is 3.09. The van der Waals surface area contributed by atoms with E-state index in [1.54, 1.807) is 12.1 Å². The Balaban J connectivity index is 2.21. The average Bonchev–Trinajstić information content (AvgIpc) is 2.76. The van der Waals surface area contributed by atoms with Crippen LogP contribution in [0.25, 0.3) is 0 Å². The van der Waals surface area contributed by atoms with Crippen molar-refractivity contribution in [3.8, 4) is 0 Å². The zero-order valence-corrected chi connectivity index (χ0v) is 9.66. The van der Waals surface area contributed by atoms with Gasteiger partial charge in [0.1, 0.15) is 11.5 Å². The van der Waals surface area contributed by atoms with Crippen molar-refractivity contribution in [3.63, 3.8) is 0 Å². The third-order valence-corrected chi connectivity index (χ3v) is 2.55. The minimum absolute atomic E-state index is 0.0300. The molecule has 1 aromatic carbocycles. The molecule has 0 unspecified atom stereocenters. The summed E-state index contributed by atoms with van der Waals surface area (Å²) in [7, 11) is 0. The van der Waals surface area contributed by atoms with E-state index in [0.29, 0.717) is 5.56 Å². The summed E-state index contributed by atoms with van der Waals surface area (Å²) < 4.78 is 14.1. The number of H-pyrrole nitrogens is 1. The van der Waals surface area contributed by atoms with Crippen LogP contribution in [0.3, 0.4) is 0 Å². The van der Waals surface area contributed by atoms with Crippen LogP contribution in [-0.4, -0.2) is 21.2 Å². The monoisotopic (exact) mass is 283 g/mol. The molecule has 16 heavy (non-hydrogen) atoms. The lowest BCUT2D eigenvalue weighted by Crippen LogP contribution is -2.05. The van der Waals surface area contributed by atoms with Gasteiger partial charge in [0, 0.05) is 10.9 Å². The van der Waals surface area contributed by atoms with Crippen molar-refractivity contribution in [3.05, 3.63) is 45.9 Å². The molecule has 0 atom stereocenters. The number of benzene rings is 1. The van der Waals surface area contributed by atoms with Crippen LogP contribution in [0.15, 0.2) is 28.9 Å². The fourth-order valence-corrected chi connectivity index (χ4v) is 1.69. The van der Waals surface area contributed by atoms with Crippen molar-refractivity contribution in [1.29, 1.82) is 0 Å². The van der Waals surface area contributed by atoms with Gasteiger partial charge in [0.25, 0.3) is 0 Å². The Bertz CT molecular complexity index is 513. The van der Waals surface area contributed by atoms with E-state index >= 15 is 0 Å². The summed E-state index contributed by atoms with van der Waals surface area (Å²) in [6.07, 6.45) is 1.29. The van der Waals surface area contributed by atoms with Crippen LogP contribution < -0.4 is 0 Å². The smallest absolute Gasteiger partial charge is 0.189 e. The third-order valence-electron chi connectivity index (χ3n) is 2.06. The van der Waals surface area contributed by atoms with E-state index in [1.807, 2.05) is 0 Å². The minimum atomic E-state index is -0.403. The van der Waals surface area contributed by atoms with Gasteiger partial charge >= 0.3 is 0 Å². The van der Waals surface area contributed by atoms with Crippen LogP contribution in [0, 0.1) is 5.82 Å². The van der Waals surface area contributed by atoms with Crippen LogP contribution in [-0.2, 0) is 6.42 Å². The number of hydrogen-bond acceptors (Lipinski definition) is 3. The van der Waals surface area contributed by atoms with Gasteiger partial charge in [-0.3, -0.25) is 4.79 Å². The van der Waals surface area contributed by atoms with Crippen molar-refractivity contribution in [1.82, 2.24) is 15.4 Å². The van der Waals surface area contributed by atoms with Gasteiger partial charge in [0.15, 0.2) is 5.78 Å². The number of rotatable bonds is 3. The molecule has 1 heterocycles. The zero-order valence-electron chi connectivity index (χ0n) is 8.08. The maximum Gasteiger partial charge on any atom is 0.189 e. The lowest BCUT2D eigenvalue weighted by molar-refractivity contribution is 0.0987. The topological polar surface area (TPSA) is 58.6 Å². The molecule has 0 bridgehead atoms. The van der Waals surface area contributed by atoms with Gasteiger partial charge < -0.3 is 0 Å². The highest BCUT2D eigenvalue weighted by Crippen LogP contribution is 2.17. The van der Waals surface area contributed by atoms with Crippen LogP contribution in [0.2, 0.25) is 0 Å². The van der Waals surface area contributed by atoms with Gasteiger partial charge in [-0.25, -0.2) is 4.39 Å². The standard InChI is InChI=1S/C10H7BrFN3O/c11-7-1-2-8(12)6(3-7)4-10(16)9-5-13-15-14-9/h1-3,5H,4H2,(H,13,14,15). The Labute approximate surface area is 99.0 Å². The molecule has 0 saturated carbocycles. The van der Waals surface area contributed by atoms with E-state index in [1.165, 1.54) is 12.3 Å². The molecule has 6 heteroatoms. The van der Waals surface area contributed by atoms with Crippen LogP contribution in [0.5, 0.6) is 0 Å². The second-order valence-corrected chi connectivity index (χ2v) is 4.11. The molecule has 0 radical (unpaired) electrons. The normalized spacial score (nSPS) is 10.4. The van der Waals surface area contributed by atoms with E-state index in [4.69, 9.17) is 0 Å². The molecule has 2 rings (SSSR count). The van der Waals surface area contributed by atoms with E-state index in [9.17, 15) is 9.18 Å². The maximum absolute atomic E-state index is 13.4. The highest BCUT2D eigenvalue weighted by Gasteiger charge is 2.12. The van der Waals surface area contributed by atoms with Gasteiger partial charge in [-0.2, -0.15) is 15.4 Å². The molecule has 2 aromatic rings. The van der Waals surface area contributed by atoms with Crippen molar-refractivity contribution < 1.29 is 9.18 Å². The number of nitrogens with zero attached hydrogens (tertiary/aromatic N) is 2. The Morgan fingerprint density at radius 3 is 3.00 bits per heavy atom. The molecule has 0 saturated heterocycles. The molecular weight excluding hydrogens is 277 g/mol.